The molecule has 1 aliphatic rings. The molecule has 0 spiro atoms. The zero-order valence-electron chi connectivity index (χ0n) is 16.0. The minimum atomic E-state index is -0.558. The van der Waals surface area contributed by atoms with Crippen molar-refractivity contribution in [3.05, 3.63) is 74.3 Å². The standard InChI is InChI=1S/C21H22ClN3O3/c1-21(2,3)15-7-5-14(6-8-15)16-11-17(16)20(26)24-23-12-13-4-9-18(22)19(10-13)25(27)28/h4-10,12,16-17H,11H2,1-3H3,(H,24,26)/b23-12-. The third-order valence-corrected chi connectivity index (χ3v) is 5.21. The Hall–Kier alpha value is -2.73. The average Bonchev–Trinajstić information content (AvgIpc) is 3.43. The lowest BCUT2D eigenvalue weighted by Crippen LogP contribution is -2.20. The van der Waals surface area contributed by atoms with E-state index in [0.29, 0.717) is 5.56 Å². The van der Waals surface area contributed by atoms with Gasteiger partial charge in [0.25, 0.3) is 5.69 Å². The molecule has 1 saturated carbocycles. The average molecular weight is 400 g/mol. The van der Waals surface area contributed by atoms with Crippen molar-refractivity contribution in [2.75, 3.05) is 0 Å². The van der Waals surface area contributed by atoms with Gasteiger partial charge in [-0.3, -0.25) is 14.9 Å². The molecule has 0 aliphatic heterocycles. The summed E-state index contributed by atoms with van der Waals surface area (Å²) in [5, 5.41) is 14.9. The van der Waals surface area contributed by atoms with Crippen LogP contribution in [0, 0.1) is 16.0 Å². The Bertz CT molecular complexity index is 933. The first-order chi connectivity index (χ1) is 13.2. The molecule has 0 bridgehead atoms. The summed E-state index contributed by atoms with van der Waals surface area (Å²) in [6.45, 7) is 6.51. The molecule has 0 aromatic heterocycles. The molecular formula is C21H22ClN3O3. The van der Waals surface area contributed by atoms with E-state index in [4.69, 9.17) is 11.6 Å². The molecule has 2 aromatic rings. The molecule has 2 atom stereocenters. The normalized spacial score (nSPS) is 18.9. The van der Waals surface area contributed by atoms with E-state index in [9.17, 15) is 14.9 Å². The Morgan fingerprint density at radius 2 is 1.93 bits per heavy atom. The van der Waals surface area contributed by atoms with Crippen molar-refractivity contribution in [2.24, 2.45) is 11.0 Å². The van der Waals surface area contributed by atoms with Gasteiger partial charge in [0.1, 0.15) is 5.02 Å². The molecule has 1 fully saturated rings. The second-order valence-electron chi connectivity index (χ2n) is 8.02. The number of hydrogen-bond donors (Lipinski definition) is 1. The van der Waals surface area contributed by atoms with Crippen LogP contribution in [0.4, 0.5) is 5.69 Å². The second kappa shape index (κ2) is 7.72. The van der Waals surface area contributed by atoms with Gasteiger partial charge >= 0.3 is 0 Å². The number of rotatable bonds is 5. The van der Waals surface area contributed by atoms with E-state index in [1.807, 2.05) is 0 Å². The Balaban J connectivity index is 1.57. The molecule has 6 nitrogen and oxygen atoms in total. The SMILES string of the molecule is CC(C)(C)c1ccc(C2CC2C(=O)N/N=C\c2ccc(Cl)c([N+](=O)[O-])c2)cc1. The van der Waals surface area contributed by atoms with Gasteiger partial charge in [-0.1, -0.05) is 62.7 Å². The van der Waals surface area contributed by atoms with Crippen LogP contribution < -0.4 is 5.43 Å². The molecule has 0 saturated heterocycles. The highest BCUT2D eigenvalue weighted by Gasteiger charge is 2.44. The Labute approximate surface area is 168 Å². The summed E-state index contributed by atoms with van der Waals surface area (Å²) in [5.41, 5.74) is 5.33. The summed E-state index contributed by atoms with van der Waals surface area (Å²) in [4.78, 5) is 22.6. The van der Waals surface area contributed by atoms with Crippen molar-refractivity contribution in [3.8, 4) is 0 Å². The van der Waals surface area contributed by atoms with Crippen molar-refractivity contribution < 1.29 is 9.72 Å². The highest BCUT2D eigenvalue weighted by molar-refractivity contribution is 6.32. The summed E-state index contributed by atoms with van der Waals surface area (Å²) in [6.07, 6.45) is 2.17. The quantitative estimate of drug-likeness (QED) is 0.445. The van der Waals surface area contributed by atoms with Crippen LogP contribution in [0.3, 0.4) is 0 Å². The van der Waals surface area contributed by atoms with Gasteiger partial charge in [0.2, 0.25) is 5.91 Å². The van der Waals surface area contributed by atoms with Gasteiger partial charge in [-0.25, -0.2) is 5.43 Å². The number of hydrogen-bond acceptors (Lipinski definition) is 4. The molecule has 0 radical (unpaired) electrons. The first kappa shape index (κ1) is 20.0. The Kier molecular flexibility index (Phi) is 5.52. The van der Waals surface area contributed by atoms with Gasteiger partial charge in [0.05, 0.1) is 11.1 Å². The predicted octanol–water partition coefficient (Wildman–Crippen LogP) is 4.80. The minimum absolute atomic E-state index is 0.0597. The van der Waals surface area contributed by atoms with E-state index in [2.05, 4.69) is 55.6 Å². The summed E-state index contributed by atoms with van der Waals surface area (Å²) < 4.78 is 0. The van der Waals surface area contributed by atoms with Crippen molar-refractivity contribution in [3.63, 3.8) is 0 Å². The third kappa shape index (κ3) is 4.57. The zero-order chi connectivity index (χ0) is 20.5. The van der Waals surface area contributed by atoms with Crippen LogP contribution in [0.25, 0.3) is 0 Å². The van der Waals surface area contributed by atoms with E-state index in [1.54, 1.807) is 6.07 Å². The van der Waals surface area contributed by atoms with Crippen LogP contribution in [0.1, 0.15) is 49.8 Å². The van der Waals surface area contributed by atoms with E-state index in [1.165, 1.54) is 23.9 Å². The van der Waals surface area contributed by atoms with Crippen LogP contribution >= 0.6 is 11.6 Å². The lowest BCUT2D eigenvalue weighted by atomic mass is 9.86. The van der Waals surface area contributed by atoms with Gasteiger partial charge in [-0.2, -0.15) is 5.10 Å². The maximum absolute atomic E-state index is 12.3. The molecule has 7 heteroatoms. The molecule has 1 N–H and O–H groups in total. The molecule has 3 rings (SSSR count). The molecular weight excluding hydrogens is 378 g/mol. The van der Waals surface area contributed by atoms with Gasteiger partial charge < -0.3 is 0 Å². The number of benzene rings is 2. The first-order valence-electron chi connectivity index (χ1n) is 9.04. The van der Waals surface area contributed by atoms with Crippen LogP contribution in [0.15, 0.2) is 47.6 Å². The van der Waals surface area contributed by atoms with E-state index in [-0.39, 0.29) is 33.9 Å². The number of amides is 1. The summed E-state index contributed by atoms with van der Waals surface area (Å²) in [7, 11) is 0. The van der Waals surface area contributed by atoms with Gasteiger partial charge in [0, 0.05) is 17.5 Å². The largest absolute Gasteiger partial charge is 0.288 e. The molecule has 146 valence electrons. The first-order valence-corrected chi connectivity index (χ1v) is 9.42. The minimum Gasteiger partial charge on any atom is -0.273 e. The summed E-state index contributed by atoms with van der Waals surface area (Å²) in [6, 6.07) is 12.8. The maximum Gasteiger partial charge on any atom is 0.288 e. The number of halogens is 1. The fourth-order valence-electron chi connectivity index (χ4n) is 3.09. The predicted molar refractivity (Wildman–Crippen MR) is 110 cm³/mol. The Morgan fingerprint density at radius 3 is 2.54 bits per heavy atom. The lowest BCUT2D eigenvalue weighted by Gasteiger charge is -2.19. The topological polar surface area (TPSA) is 84.6 Å². The molecule has 2 aromatic carbocycles. The van der Waals surface area contributed by atoms with Crippen molar-refractivity contribution in [1.82, 2.24) is 5.43 Å². The molecule has 1 amide bonds. The number of carbonyl (C=O) groups excluding carboxylic acids is 1. The number of hydrazone groups is 1. The number of carbonyl (C=O) groups is 1. The van der Waals surface area contributed by atoms with Crippen LogP contribution in [-0.2, 0) is 10.2 Å². The number of nitro benzene ring substituents is 1. The van der Waals surface area contributed by atoms with Crippen LogP contribution in [0.2, 0.25) is 5.02 Å². The number of nitro groups is 1. The van der Waals surface area contributed by atoms with Gasteiger partial charge in [-0.15, -0.1) is 0 Å². The Morgan fingerprint density at radius 1 is 1.25 bits per heavy atom. The second-order valence-corrected chi connectivity index (χ2v) is 8.43. The molecule has 28 heavy (non-hydrogen) atoms. The highest BCUT2D eigenvalue weighted by atomic mass is 35.5. The fourth-order valence-corrected chi connectivity index (χ4v) is 3.27. The van der Waals surface area contributed by atoms with Gasteiger partial charge in [-0.05, 0) is 34.9 Å². The van der Waals surface area contributed by atoms with Gasteiger partial charge in [0.15, 0.2) is 0 Å². The van der Waals surface area contributed by atoms with Crippen LogP contribution in [-0.4, -0.2) is 17.0 Å². The summed E-state index contributed by atoms with van der Waals surface area (Å²) >= 11 is 5.78. The van der Waals surface area contributed by atoms with E-state index >= 15 is 0 Å². The monoisotopic (exact) mass is 399 g/mol. The summed E-state index contributed by atoms with van der Waals surface area (Å²) in [5.74, 6) is -0.0392. The van der Waals surface area contributed by atoms with Crippen molar-refractivity contribution in [1.29, 1.82) is 0 Å². The van der Waals surface area contributed by atoms with Crippen molar-refractivity contribution >= 4 is 29.4 Å². The van der Waals surface area contributed by atoms with E-state index < -0.39 is 4.92 Å². The molecule has 2 unspecified atom stereocenters. The smallest absolute Gasteiger partial charge is 0.273 e. The van der Waals surface area contributed by atoms with E-state index in [0.717, 1.165) is 12.0 Å². The third-order valence-electron chi connectivity index (χ3n) is 4.89. The van der Waals surface area contributed by atoms with Crippen molar-refractivity contribution in [2.45, 2.75) is 38.5 Å². The number of nitrogens with one attached hydrogen (secondary N) is 1. The zero-order valence-corrected chi connectivity index (χ0v) is 16.7. The fraction of sp³-hybridized carbons (Fsp3) is 0.333. The molecule has 0 heterocycles. The molecule has 1 aliphatic carbocycles. The van der Waals surface area contributed by atoms with Crippen LogP contribution in [0.5, 0.6) is 0 Å². The lowest BCUT2D eigenvalue weighted by molar-refractivity contribution is -0.384. The maximum atomic E-state index is 12.3. The number of nitrogens with zero attached hydrogens (tertiary/aromatic N) is 2. The highest BCUT2D eigenvalue weighted by Crippen LogP contribution is 2.47.